The third-order valence-electron chi connectivity index (χ3n) is 2.37. The van der Waals surface area contributed by atoms with E-state index in [1.54, 1.807) is 0 Å². The van der Waals surface area contributed by atoms with E-state index in [4.69, 9.17) is 0 Å². The molecule has 0 spiro atoms. The molecule has 10 heavy (non-hydrogen) atoms. The van der Waals surface area contributed by atoms with Crippen LogP contribution in [0, 0.1) is 17.3 Å². The topological polar surface area (TPSA) is 17.1 Å². The predicted molar refractivity (Wildman–Crippen MR) is 41.7 cm³/mol. The monoisotopic (exact) mass is 140 g/mol. The Labute approximate surface area is 62.8 Å². The Kier molecular flexibility index (Phi) is 1.61. The van der Waals surface area contributed by atoms with Crippen molar-refractivity contribution in [3.05, 3.63) is 0 Å². The van der Waals surface area contributed by atoms with Gasteiger partial charge in [-0.2, -0.15) is 0 Å². The maximum absolute atomic E-state index is 11.1. The van der Waals surface area contributed by atoms with Crippen LogP contribution in [0.2, 0.25) is 0 Å². The summed E-state index contributed by atoms with van der Waals surface area (Å²) in [5, 5.41) is 0. The van der Waals surface area contributed by atoms with E-state index in [9.17, 15) is 4.79 Å². The molecule has 0 saturated heterocycles. The summed E-state index contributed by atoms with van der Waals surface area (Å²) < 4.78 is 0. The minimum Gasteiger partial charge on any atom is -0.299 e. The molecular formula is C9H16O. The summed E-state index contributed by atoms with van der Waals surface area (Å²) in [6.45, 7) is 8.60. The summed E-state index contributed by atoms with van der Waals surface area (Å²) in [5.41, 5.74) is 0.189. The van der Waals surface area contributed by atoms with Crippen molar-refractivity contribution < 1.29 is 4.79 Å². The second kappa shape index (κ2) is 2.08. The van der Waals surface area contributed by atoms with Gasteiger partial charge in [0.15, 0.2) is 0 Å². The van der Waals surface area contributed by atoms with Crippen LogP contribution in [0.1, 0.15) is 34.1 Å². The van der Waals surface area contributed by atoms with Crippen LogP contribution in [0.3, 0.4) is 0 Å². The zero-order chi connectivity index (χ0) is 7.94. The summed E-state index contributed by atoms with van der Waals surface area (Å²) in [6.07, 6.45) is 0.807. The highest BCUT2D eigenvalue weighted by atomic mass is 16.1. The number of ketones is 1. The van der Waals surface area contributed by atoms with Crippen LogP contribution in [0.4, 0.5) is 0 Å². The van der Waals surface area contributed by atoms with Gasteiger partial charge < -0.3 is 0 Å². The fraction of sp³-hybridized carbons (Fsp3) is 0.889. The third kappa shape index (κ3) is 1.09. The quantitative estimate of drug-likeness (QED) is 0.504. The lowest BCUT2D eigenvalue weighted by Crippen LogP contribution is -2.43. The molecule has 1 rings (SSSR count). The molecule has 0 aromatic rings. The Hall–Kier alpha value is -0.330. The van der Waals surface area contributed by atoms with E-state index in [1.165, 1.54) is 0 Å². The van der Waals surface area contributed by atoms with Gasteiger partial charge in [-0.3, -0.25) is 4.79 Å². The number of carbonyl (C=O) groups is 1. The number of Topliss-reactive ketones (excluding diaryl/α,β-unsaturated/α-hetero) is 1. The van der Waals surface area contributed by atoms with E-state index in [0.717, 1.165) is 6.42 Å². The molecule has 0 heterocycles. The number of hydrogen-bond acceptors (Lipinski definition) is 1. The molecule has 0 bridgehead atoms. The summed E-state index contributed by atoms with van der Waals surface area (Å²) in [6, 6.07) is 0. The summed E-state index contributed by atoms with van der Waals surface area (Å²) >= 11 is 0. The lowest BCUT2D eigenvalue weighted by atomic mass is 9.61. The average Bonchev–Trinajstić information content (AvgIpc) is 1.58. The van der Waals surface area contributed by atoms with E-state index in [1.807, 2.05) is 0 Å². The average molecular weight is 140 g/mol. The molecule has 1 nitrogen and oxygen atoms in total. The molecule has 2 atom stereocenters. The van der Waals surface area contributed by atoms with Gasteiger partial charge in [-0.05, 0) is 11.3 Å². The largest absolute Gasteiger partial charge is 0.299 e. The van der Waals surface area contributed by atoms with Crippen molar-refractivity contribution in [2.75, 3.05) is 0 Å². The Morgan fingerprint density at radius 1 is 1.40 bits per heavy atom. The molecule has 0 amide bonds. The van der Waals surface area contributed by atoms with Gasteiger partial charge in [-0.25, -0.2) is 0 Å². The fourth-order valence-electron chi connectivity index (χ4n) is 2.06. The van der Waals surface area contributed by atoms with Crippen molar-refractivity contribution in [2.24, 2.45) is 17.3 Å². The first kappa shape index (κ1) is 7.77. The fourth-order valence-corrected chi connectivity index (χ4v) is 2.06. The van der Waals surface area contributed by atoms with Crippen molar-refractivity contribution in [3.8, 4) is 0 Å². The molecule has 1 saturated carbocycles. The molecular weight excluding hydrogens is 124 g/mol. The zero-order valence-corrected chi connectivity index (χ0v) is 7.27. The second-order valence-corrected chi connectivity index (χ2v) is 4.49. The van der Waals surface area contributed by atoms with Crippen molar-refractivity contribution >= 4 is 5.78 Å². The van der Waals surface area contributed by atoms with Gasteiger partial charge >= 0.3 is 0 Å². The number of hydrogen-bond donors (Lipinski definition) is 0. The maximum Gasteiger partial charge on any atom is 0.137 e. The zero-order valence-electron chi connectivity index (χ0n) is 7.27. The van der Waals surface area contributed by atoms with Crippen LogP contribution >= 0.6 is 0 Å². The molecule has 0 radical (unpaired) electrons. The normalized spacial score (nSPS) is 33.8. The van der Waals surface area contributed by atoms with E-state index in [2.05, 4.69) is 27.7 Å². The molecule has 0 aliphatic heterocycles. The van der Waals surface area contributed by atoms with E-state index < -0.39 is 0 Å². The molecule has 1 fully saturated rings. The van der Waals surface area contributed by atoms with Crippen LogP contribution in [0.25, 0.3) is 0 Å². The summed E-state index contributed by atoms with van der Waals surface area (Å²) in [5.74, 6) is 1.40. The predicted octanol–water partition coefficient (Wildman–Crippen LogP) is 2.26. The molecule has 0 N–H and O–H groups in total. The SMILES string of the molecule is C[C@H]1CC(=O)C1C(C)(C)C. The van der Waals surface area contributed by atoms with E-state index in [-0.39, 0.29) is 5.41 Å². The van der Waals surface area contributed by atoms with Crippen LogP contribution in [0.5, 0.6) is 0 Å². The molecule has 1 aliphatic rings. The first-order valence-corrected chi connectivity index (χ1v) is 3.95. The van der Waals surface area contributed by atoms with Gasteiger partial charge in [0.05, 0.1) is 0 Å². The minimum atomic E-state index is 0.189. The highest BCUT2D eigenvalue weighted by Gasteiger charge is 2.43. The summed E-state index contributed by atoms with van der Waals surface area (Å²) in [7, 11) is 0. The van der Waals surface area contributed by atoms with E-state index in [0.29, 0.717) is 17.6 Å². The number of carbonyl (C=O) groups excluding carboxylic acids is 1. The lowest BCUT2D eigenvalue weighted by molar-refractivity contribution is -0.139. The molecule has 1 heteroatoms. The Morgan fingerprint density at radius 3 is 2.00 bits per heavy atom. The number of rotatable bonds is 0. The molecule has 58 valence electrons. The highest BCUT2D eigenvalue weighted by Crippen LogP contribution is 2.42. The van der Waals surface area contributed by atoms with Gasteiger partial charge in [0.1, 0.15) is 5.78 Å². The first-order valence-electron chi connectivity index (χ1n) is 3.95. The molecule has 0 aromatic carbocycles. The lowest BCUT2D eigenvalue weighted by Gasteiger charge is -2.41. The molecule has 0 aromatic heterocycles. The van der Waals surface area contributed by atoms with Gasteiger partial charge in [-0.1, -0.05) is 27.7 Å². The van der Waals surface area contributed by atoms with Crippen LogP contribution < -0.4 is 0 Å². The minimum absolute atomic E-state index is 0.189. The van der Waals surface area contributed by atoms with Gasteiger partial charge in [0, 0.05) is 12.3 Å². The maximum atomic E-state index is 11.1. The van der Waals surface area contributed by atoms with Crippen molar-refractivity contribution in [2.45, 2.75) is 34.1 Å². The van der Waals surface area contributed by atoms with Crippen LogP contribution in [-0.2, 0) is 4.79 Å². The van der Waals surface area contributed by atoms with Crippen LogP contribution in [-0.4, -0.2) is 5.78 Å². The van der Waals surface area contributed by atoms with Crippen molar-refractivity contribution in [1.82, 2.24) is 0 Å². The molecule has 1 aliphatic carbocycles. The van der Waals surface area contributed by atoms with Gasteiger partial charge in [0.25, 0.3) is 0 Å². The van der Waals surface area contributed by atoms with E-state index >= 15 is 0 Å². The third-order valence-corrected chi connectivity index (χ3v) is 2.37. The molecule has 1 unspecified atom stereocenters. The van der Waals surface area contributed by atoms with Crippen LogP contribution in [0.15, 0.2) is 0 Å². The summed E-state index contributed by atoms with van der Waals surface area (Å²) in [4.78, 5) is 11.1. The van der Waals surface area contributed by atoms with Gasteiger partial charge in [0.2, 0.25) is 0 Å². The second-order valence-electron chi connectivity index (χ2n) is 4.49. The Bertz CT molecular complexity index is 153. The first-order chi connectivity index (χ1) is 4.43. The standard InChI is InChI=1S/C9H16O/c1-6-5-7(10)8(6)9(2,3)4/h6,8H,5H2,1-4H3/t6-,8?/m0/s1. The van der Waals surface area contributed by atoms with Crippen molar-refractivity contribution in [1.29, 1.82) is 0 Å². The Balaban J connectivity index is 2.64. The Morgan fingerprint density at radius 2 is 1.90 bits per heavy atom. The van der Waals surface area contributed by atoms with Crippen molar-refractivity contribution in [3.63, 3.8) is 0 Å². The highest BCUT2D eigenvalue weighted by molar-refractivity contribution is 5.87. The van der Waals surface area contributed by atoms with Gasteiger partial charge in [-0.15, -0.1) is 0 Å². The smallest absolute Gasteiger partial charge is 0.137 e.